The van der Waals surface area contributed by atoms with E-state index in [-0.39, 0.29) is 5.75 Å². The predicted molar refractivity (Wildman–Crippen MR) is 109 cm³/mol. The van der Waals surface area contributed by atoms with E-state index in [0.29, 0.717) is 12.3 Å². The quantitative estimate of drug-likeness (QED) is 0.756. The molecular formula is C19H26N2O4S2. The second-order valence-electron chi connectivity index (χ2n) is 7.29. The largest absolute Gasteiger partial charge is 0.494 e. The number of hydrogen-bond donors (Lipinski definition) is 1. The van der Waals surface area contributed by atoms with Crippen molar-refractivity contribution in [3.05, 3.63) is 35.3 Å². The number of rotatable bonds is 7. The Labute approximate surface area is 164 Å². The maximum atomic E-state index is 12.6. The van der Waals surface area contributed by atoms with Crippen molar-refractivity contribution in [1.82, 2.24) is 10.3 Å². The molecule has 0 saturated carbocycles. The third-order valence-corrected chi connectivity index (χ3v) is 6.65. The molecule has 1 aromatic heterocycles. The molecule has 0 aliphatic carbocycles. The van der Waals surface area contributed by atoms with Gasteiger partial charge in [-0.2, -0.15) is 0 Å². The van der Waals surface area contributed by atoms with Gasteiger partial charge in [0.2, 0.25) is 5.91 Å². The number of carbonyl (C=O) groups is 1. The monoisotopic (exact) mass is 410 g/mol. The van der Waals surface area contributed by atoms with Crippen molar-refractivity contribution < 1.29 is 17.9 Å². The number of nitrogens with zero attached hydrogens (tertiary/aromatic N) is 1. The summed E-state index contributed by atoms with van der Waals surface area (Å²) in [4.78, 5) is 16.6. The second-order valence-corrected chi connectivity index (χ2v) is 10.5. The van der Waals surface area contributed by atoms with Crippen molar-refractivity contribution in [3.63, 3.8) is 0 Å². The number of nitrogens with one attached hydrogen (secondary N) is 1. The van der Waals surface area contributed by atoms with Crippen LogP contribution in [0.25, 0.3) is 10.6 Å². The van der Waals surface area contributed by atoms with Gasteiger partial charge in [-0.3, -0.25) is 4.79 Å². The molecule has 27 heavy (non-hydrogen) atoms. The van der Waals surface area contributed by atoms with E-state index in [4.69, 9.17) is 4.74 Å². The van der Waals surface area contributed by atoms with Crippen molar-refractivity contribution in [2.75, 3.05) is 6.61 Å². The first-order valence-corrected chi connectivity index (χ1v) is 11.3. The van der Waals surface area contributed by atoms with Gasteiger partial charge >= 0.3 is 0 Å². The Balaban J connectivity index is 2.10. The van der Waals surface area contributed by atoms with Gasteiger partial charge in [-0.15, -0.1) is 11.3 Å². The standard InChI is InChI=1S/C19H26N2O4S2/c1-6-25-16-9-7-14(8-10-16)18-20-15(11-26-18)12-27(23,24)13(2)17(22)21-19(3,4)5/h7-11,13H,6,12H2,1-5H3,(H,21,22). The number of amides is 1. The lowest BCUT2D eigenvalue weighted by molar-refractivity contribution is -0.121. The van der Waals surface area contributed by atoms with Crippen LogP contribution in [-0.2, 0) is 20.4 Å². The molecule has 0 fully saturated rings. The van der Waals surface area contributed by atoms with Crippen LogP contribution in [0.4, 0.5) is 0 Å². The Bertz CT molecular complexity index is 881. The molecule has 1 unspecified atom stereocenters. The van der Waals surface area contributed by atoms with Crippen molar-refractivity contribution in [1.29, 1.82) is 0 Å². The van der Waals surface area contributed by atoms with Gasteiger partial charge in [0.1, 0.15) is 16.0 Å². The lowest BCUT2D eigenvalue weighted by atomic mass is 10.1. The normalized spacial score (nSPS) is 13.2. The van der Waals surface area contributed by atoms with E-state index >= 15 is 0 Å². The van der Waals surface area contributed by atoms with E-state index in [1.165, 1.54) is 18.3 Å². The first kappa shape index (κ1) is 21.4. The molecule has 0 saturated heterocycles. The van der Waals surface area contributed by atoms with Crippen molar-refractivity contribution in [3.8, 4) is 16.3 Å². The van der Waals surface area contributed by atoms with Crippen LogP contribution < -0.4 is 10.1 Å². The van der Waals surface area contributed by atoms with Crippen molar-refractivity contribution in [2.24, 2.45) is 0 Å². The van der Waals surface area contributed by atoms with Crippen LogP contribution in [0, 0.1) is 0 Å². The minimum Gasteiger partial charge on any atom is -0.494 e. The van der Waals surface area contributed by atoms with E-state index in [0.717, 1.165) is 16.3 Å². The van der Waals surface area contributed by atoms with Crippen LogP contribution in [0.5, 0.6) is 5.75 Å². The summed E-state index contributed by atoms with van der Waals surface area (Å²) in [6.45, 7) is 9.37. The fourth-order valence-corrected chi connectivity index (χ4v) is 4.46. The Hall–Kier alpha value is -1.93. The van der Waals surface area contributed by atoms with Crippen LogP contribution in [0.3, 0.4) is 0 Å². The fourth-order valence-electron chi connectivity index (χ4n) is 2.33. The number of thiazole rings is 1. The highest BCUT2D eigenvalue weighted by Gasteiger charge is 2.31. The summed E-state index contributed by atoms with van der Waals surface area (Å²) < 4.78 is 30.6. The van der Waals surface area contributed by atoms with Gasteiger partial charge in [-0.05, 0) is 58.9 Å². The molecule has 0 bridgehead atoms. The van der Waals surface area contributed by atoms with E-state index in [2.05, 4.69) is 10.3 Å². The fraction of sp³-hybridized carbons (Fsp3) is 0.474. The van der Waals surface area contributed by atoms with E-state index in [9.17, 15) is 13.2 Å². The number of sulfone groups is 1. The molecule has 0 radical (unpaired) electrons. The summed E-state index contributed by atoms with van der Waals surface area (Å²) in [6.07, 6.45) is 0. The molecule has 1 heterocycles. The third kappa shape index (κ3) is 6.04. The number of hydrogen-bond acceptors (Lipinski definition) is 6. The molecule has 1 N–H and O–H groups in total. The average molecular weight is 411 g/mol. The maximum Gasteiger partial charge on any atom is 0.238 e. The van der Waals surface area contributed by atoms with Crippen LogP contribution in [0.2, 0.25) is 0 Å². The lowest BCUT2D eigenvalue weighted by Gasteiger charge is -2.23. The first-order valence-electron chi connectivity index (χ1n) is 8.73. The van der Waals surface area contributed by atoms with Gasteiger partial charge in [0.05, 0.1) is 18.1 Å². The van der Waals surface area contributed by atoms with Crippen LogP contribution in [0.1, 0.15) is 40.3 Å². The molecule has 0 spiro atoms. The molecule has 1 amide bonds. The van der Waals surface area contributed by atoms with Crippen LogP contribution in [-0.4, -0.2) is 36.7 Å². The summed E-state index contributed by atoms with van der Waals surface area (Å²) in [5.41, 5.74) is 0.854. The zero-order chi connectivity index (χ0) is 20.2. The Kier molecular flexibility index (Phi) is 6.64. The molecular weight excluding hydrogens is 384 g/mol. The summed E-state index contributed by atoms with van der Waals surface area (Å²) in [6, 6.07) is 7.49. The zero-order valence-electron chi connectivity index (χ0n) is 16.3. The van der Waals surface area contributed by atoms with Gasteiger partial charge < -0.3 is 10.1 Å². The number of carbonyl (C=O) groups excluding carboxylic acids is 1. The van der Waals surface area contributed by atoms with Gasteiger partial charge in [0, 0.05) is 16.5 Å². The van der Waals surface area contributed by atoms with Crippen molar-refractivity contribution in [2.45, 2.75) is 51.2 Å². The van der Waals surface area contributed by atoms with Gasteiger partial charge in [0.25, 0.3) is 0 Å². The predicted octanol–water partition coefficient (Wildman–Crippen LogP) is 3.43. The highest BCUT2D eigenvalue weighted by molar-refractivity contribution is 7.92. The number of aromatic nitrogens is 1. The SMILES string of the molecule is CCOc1ccc(-c2nc(CS(=O)(=O)C(C)C(=O)NC(C)(C)C)cs2)cc1. The minimum absolute atomic E-state index is 0.265. The van der Waals surface area contributed by atoms with Crippen LogP contribution >= 0.6 is 11.3 Å². The molecule has 2 aromatic rings. The molecule has 0 aliphatic heterocycles. The Morgan fingerprint density at radius 2 is 1.89 bits per heavy atom. The van der Waals surface area contributed by atoms with Crippen molar-refractivity contribution >= 4 is 27.1 Å². The number of ether oxygens (including phenoxy) is 1. The Morgan fingerprint density at radius 3 is 2.44 bits per heavy atom. The average Bonchev–Trinajstić information content (AvgIpc) is 3.01. The zero-order valence-corrected chi connectivity index (χ0v) is 17.9. The van der Waals surface area contributed by atoms with E-state index < -0.39 is 26.5 Å². The second kappa shape index (κ2) is 8.39. The van der Waals surface area contributed by atoms with Gasteiger partial charge in [-0.1, -0.05) is 0 Å². The summed E-state index contributed by atoms with van der Waals surface area (Å²) in [5, 5.41) is 4.03. The molecule has 148 valence electrons. The molecule has 1 aromatic carbocycles. The van der Waals surface area contributed by atoms with Gasteiger partial charge in [0.15, 0.2) is 9.84 Å². The highest BCUT2D eigenvalue weighted by Crippen LogP contribution is 2.27. The molecule has 0 aliphatic rings. The summed E-state index contributed by atoms with van der Waals surface area (Å²) in [5.74, 6) is 0.0166. The first-order chi connectivity index (χ1) is 12.5. The molecule has 1 atom stereocenters. The minimum atomic E-state index is -3.66. The molecule has 8 heteroatoms. The summed E-state index contributed by atoms with van der Waals surface area (Å²) >= 11 is 1.38. The maximum absolute atomic E-state index is 12.6. The smallest absolute Gasteiger partial charge is 0.238 e. The summed E-state index contributed by atoms with van der Waals surface area (Å²) in [7, 11) is -3.66. The lowest BCUT2D eigenvalue weighted by Crippen LogP contribution is -2.47. The van der Waals surface area contributed by atoms with E-state index in [1.54, 1.807) is 5.38 Å². The highest BCUT2D eigenvalue weighted by atomic mass is 32.2. The topological polar surface area (TPSA) is 85.4 Å². The Morgan fingerprint density at radius 1 is 1.26 bits per heavy atom. The number of benzene rings is 1. The molecule has 2 rings (SSSR count). The van der Waals surface area contributed by atoms with Gasteiger partial charge in [-0.25, -0.2) is 13.4 Å². The van der Waals surface area contributed by atoms with E-state index in [1.807, 2.05) is 52.0 Å². The van der Waals surface area contributed by atoms with Crippen LogP contribution in [0.15, 0.2) is 29.6 Å². The third-order valence-electron chi connectivity index (χ3n) is 3.72. The molecule has 6 nitrogen and oxygen atoms in total.